The van der Waals surface area contributed by atoms with Crippen LogP contribution in [0.3, 0.4) is 0 Å². The first-order valence-corrected chi connectivity index (χ1v) is 12.3. The molecule has 0 unspecified atom stereocenters. The van der Waals surface area contributed by atoms with Gasteiger partial charge in [0.2, 0.25) is 0 Å². The van der Waals surface area contributed by atoms with Crippen LogP contribution in [0, 0.1) is 0 Å². The molecule has 0 radical (unpaired) electrons. The zero-order valence-corrected chi connectivity index (χ0v) is 20.6. The zero-order valence-electron chi connectivity index (χ0n) is 20.6. The number of amides is 4. The first-order valence-electron chi connectivity index (χ1n) is 12.3. The number of benzene rings is 4. The molecule has 0 aliphatic carbocycles. The molecular weight excluding hydrogens is 472 g/mol. The van der Waals surface area contributed by atoms with Crippen LogP contribution in [-0.4, -0.2) is 34.9 Å². The van der Waals surface area contributed by atoms with E-state index in [1.54, 1.807) is 0 Å². The van der Waals surface area contributed by atoms with Crippen molar-refractivity contribution in [2.24, 2.45) is 20.0 Å². The third-order valence-corrected chi connectivity index (χ3v) is 6.02. The minimum absolute atomic E-state index is 0.151. The zero-order chi connectivity index (χ0) is 26.2. The van der Waals surface area contributed by atoms with Crippen molar-refractivity contribution in [3.05, 3.63) is 144 Å². The van der Waals surface area contributed by atoms with E-state index in [2.05, 4.69) is 20.0 Å². The summed E-state index contributed by atoms with van der Waals surface area (Å²) in [6.45, 7) is 0. The minimum Gasteiger partial charge on any atom is -0.244 e. The summed E-state index contributed by atoms with van der Waals surface area (Å²) in [5.41, 5.74) is 4.87. The summed E-state index contributed by atoms with van der Waals surface area (Å²) in [5, 5.41) is 0. The Morgan fingerprint density at radius 1 is 0.342 bits per heavy atom. The standard InChI is InChI=1S/C32H24N4O2/c37-31-33-27(23-13-5-1-6-14-23)21-28(24-15-7-2-8-16-24)34-32(38)36-30(26-19-11-4-12-20-26)22-29(35-31)25-17-9-3-10-18-25/h1-20H,21-22H2/b33-27+,34-28+,35-29+,36-30+. The fourth-order valence-corrected chi connectivity index (χ4v) is 4.18. The lowest BCUT2D eigenvalue weighted by atomic mass is 9.99. The van der Waals surface area contributed by atoms with E-state index in [-0.39, 0.29) is 12.8 Å². The quantitative estimate of drug-likeness (QED) is 0.305. The van der Waals surface area contributed by atoms with Crippen LogP contribution in [0.4, 0.5) is 9.59 Å². The average Bonchev–Trinajstić information content (AvgIpc) is 2.97. The summed E-state index contributed by atoms with van der Waals surface area (Å²) in [4.78, 5) is 44.2. The molecule has 0 fully saturated rings. The summed E-state index contributed by atoms with van der Waals surface area (Å²) in [6.07, 6.45) is 0.301. The highest BCUT2D eigenvalue weighted by molar-refractivity contribution is 6.25. The van der Waals surface area contributed by atoms with Crippen molar-refractivity contribution in [2.75, 3.05) is 0 Å². The van der Waals surface area contributed by atoms with Crippen LogP contribution in [-0.2, 0) is 0 Å². The molecular formula is C32H24N4O2. The molecule has 0 saturated heterocycles. The van der Waals surface area contributed by atoms with Gasteiger partial charge < -0.3 is 0 Å². The van der Waals surface area contributed by atoms with Crippen molar-refractivity contribution in [1.82, 2.24) is 0 Å². The van der Waals surface area contributed by atoms with Crippen LogP contribution in [0.1, 0.15) is 35.1 Å². The number of nitrogens with zero attached hydrogens (tertiary/aromatic N) is 4. The molecule has 6 heteroatoms. The summed E-state index contributed by atoms with van der Waals surface area (Å²) in [5.74, 6) is 0. The van der Waals surface area contributed by atoms with Crippen molar-refractivity contribution in [1.29, 1.82) is 0 Å². The molecule has 38 heavy (non-hydrogen) atoms. The van der Waals surface area contributed by atoms with Crippen LogP contribution in [0.25, 0.3) is 0 Å². The molecule has 6 nitrogen and oxygen atoms in total. The lowest BCUT2D eigenvalue weighted by Gasteiger charge is -2.12. The maximum absolute atomic E-state index is 13.3. The Bertz CT molecular complexity index is 1320. The van der Waals surface area contributed by atoms with Gasteiger partial charge >= 0.3 is 12.1 Å². The number of rotatable bonds is 4. The van der Waals surface area contributed by atoms with Gasteiger partial charge in [0.1, 0.15) is 0 Å². The van der Waals surface area contributed by atoms with E-state index in [0.29, 0.717) is 22.8 Å². The highest BCUT2D eigenvalue weighted by atomic mass is 16.2. The van der Waals surface area contributed by atoms with Gasteiger partial charge in [0, 0.05) is 12.8 Å². The van der Waals surface area contributed by atoms with Gasteiger partial charge in [-0.25, -0.2) is 9.59 Å². The maximum atomic E-state index is 13.3. The third kappa shape index (κ3) is 6.17. The summed E-state index contributed by atoms with van der Waals surface area (Å²) in [6, 6.07) is 36.3. The molecule has 0 atom stereocenters. The van der Waals surface area contributed by atoms with E-state index in [1.165, 1.54) is 0 Å². The highest BCUT2D eigenvalue weighted by Gasteiger charge is 2.18. The lowest BCUT2D eigenvalue weighted by molar-refractivity contribution is 0.256. The Balaban J connectivity index is 1.69. The van der Waals surface area contributed by atoms with Gasteiger partial charge in [-0.1, -0.05) is 121 Å². The highest BCUT2D eigenvalue weighted by Crippen LogP contribution is 2.17. The number of hydrogen-bond acceptors (Lipinski definition) is 2. The Morgan fingerprint density at radius 2 is 0.553 bits per heavy atom. The maximum Gasteiger partial charge on any atom is 0.367 e. The second kappa shape index (κ2) is 11.8. The smallest absolute Gasteiger partial charge is 0.244 e. The summed E-state index contributed by atoms with van der Waals surface area (Å²) < 4.78 is 0. The van der Waals surface area contributed by atoms with Gasteiger partial charge in [-0.15, -0.1) is 0 Å². The van der Waals surface area contributed by atoms with Crippen LogP contribution < -0.4 is 0 Å². The van der Waals surface area contributed by atoms with Gasteiger partial charge in [0.05, 0.1) is 22.8 Å². The summed E-state index contributed by atoms with van der Waals surface area (Å²) in [7, 11) is 0. The molecule has 4 aromatic carbocycles. The molecule has 0 bridgehead atoms. The van der Waals surface area contributed by atoms with E-state index in [0.717, 1.165) is 22.3 Å². The molecule has 1 heterocycles. The third-order valence-electron chi connectivity index (χ3n) is 6.02. The fourth-order valence-electron chi connectivity index (χ4n) is 4.18. The minimum atomic E-state index is -0.630. The fraction of sp³-hybridized carbons (Fsp3) is 0.0625. The lowest BCUT2D eigenvalue weighted by Crippen LogP contribution is -2.17. The first-order chi connectivity index (χ1) is 18.7. The molecule has 4 amide bonds. The van der Waals surface area contributed by atoms with Gasteiger partial charge in [-0.05, 0) is 22.3 Å². The van der Waals surface area contributed by atoms with Crippen molar-refractivity contribution >= 4 is 34.9 Å². The monoisotopic (exact) mass is 496 g/mol. The van der Waals surface area contributed by atoms with Crippen LogP contribution in [0.15, 0.2) is 141 Å². The van der Waals surface area contributed by atoms with Gasteiger partial charge in [0.25, 0.3) is 0 Å². The van der Waals surface area contributed by atoms with E-state index in [9.17, 15) is 9.59 Å². The number of carbonyl (C=O) groups excluding carboxylic acids is 2. The number of urea groups is 2. The van der Waals surface area contributed by atoms with Crippen LogP contribution in [0.2, 0.25) is 0 Å². The molecule has 5 rings (SSSR count). The molecule has 0 N–H and O–H groups in total. The number of aliphatic imine (C=N–C) groups is 4. The van der Waals surface area contributed by atoms with Crippen molar-refractivity contribution in [3.63, 3.8) is 0 Å². The van der Waals surface area contributed by atoms with Gasteiger partial charge in [-0.2, -0.15) is 20.0 Å². The van der Waals surface area contributed by atoms with E-state index >= 15 is 0 Å². The predicted molar refractivity (Wildman–Crippen MR) is 152 cm³/mol. The Kier molecular flexibility index (Phi) is 7.61. The Labute approximate surface area is 220 Å². The SMILES string of the molecule is O=C1/N=C(/c2ccccc2)C/C(c2ccccc2)=N\C(=O)/N=C(/c2ccccc2)C/C(c2ccccc2)=N\1. The first kappa shape index (κ1) is 24.6. The Hall–Kier alpha value is -5.10. The van der Waals surface area contributed by atoms with E-state index in [4.69, 9.17) is 0 Å². The Morgan fingerprint density at radius 3 is 0.763 bits per heavy atom. The van der Waals surface area contributed by atoms with Crippen molar-refractivity contribution < 1.29 is 9.59 Å². The van der Waals surface area contributed by atoms with Crippen molar-refractivity contribution in [3.8, 4) is 0 Å². The molecule has 0 saturated carbocycles. The van der Waals surface area contributed by atoms with Crippen LogP contribution in [0.5, 0.6) is 0 Å². The molecule has 4 aromatic rings. The summed E-state index contributed by atoms with van der Waals surface area (Å²) >= 11 is 0. The van der Waals surface area contributed by atoms with Crippen molar-refractivity contribution in [2.45, 2.75) is 12.8 Å². The molecule has 1 aliphatic heterocycles. The average molecular weight is 497 g/mol. The van der Waals surface area contributed by atoms with E-state index in [1.807, 2.05) is 121 Å². The molecule has 0 aromatic heterocycles. The molecule has 1 aliphatic rings. The second-order valence-electron chi connectivity index (χ2n) is 8.62. The van der Waals surface area contributed by atoms with E-state index < -0.39 is 12.1 Å². The largest absolute Gasteiger partial charge is 0.367 e. The van der Waals surface area contributed by atoms with Crippen LogP contribution >= 0.6 is 0 Å². The topological polar surface area (TPSA) is 83.6 Å². The molecule has 184 valence electrons. The predicted octanol–water partition coefficient (Wildman–Crippen LogP) is 6.98. The van der Waals surface area contributed by atoms with Gasteiger partial charge in [0.15, 0.2) is 0 Å². The normalized spacial score (nSPS) is 20.3. The second-order valence-corrected chi connectivity index (χ2v) is 8.62. The molecule has 0 spiro atoms. The number of hydrogen-bond donors (Lipinski definition) is 0. The number of carbonyl (C=O) groups is 2. The van der Waals surface area contributed by atoms with Gasteiger partial charge in [-0.3, -0.25) is 0 Å².